The molecular formula is C26H33ClN2O3. The molecule has 172 valence electrons. The molecule has 1 aliphatic heterocycles. The molecule has 6 N–H and O–H groups in total. The van der Waals surface area contributed by atoms with Gasteiger partial charge in [0.2, 0.25) is 0 Å². The van der Waals surface area contributed by atoms with Crippen molar-refractivity contribution in [3.05, 3.63) is 95.1 Å². The van der Waals surface area contributed by atoms with Crippen molar-refractivity contribution in [3.63, 3.8) is 0 Å². The van der Waals surface area contributed by atoms with Crippen molar-refractivity contribution in [2.45, 2.75) is 38.5 Å². The van der Waals surface area contributed by atoms with Crippen molar-refractivity contribution in [3.8, 4) is 11.5 Å². The summed E-state index contributed by atoms with van der Waals surface area (Å²) >= 11 is 5.27. The number of alkyl halides is 1. The van der Waals surface area contributed by atoms with E-state index in [-0.39, 0.29) is 16.9 Å². The van der Waals surface area contributed by atoms with Gasteiger partial charge in [-0.25, -0.2) is 0 Å². The first kappa shape index (κ1) is 25.7. The van der Waals surface area contributed by atoms with Crippen LogP contribution in [-0.4, -0.2) is 28.8 Å². The van der Waals surface area contributed by atoms with Gasteiger partial charge in [-0.15, -0.1) is 11.6 Å². The molecule has 1 aliphatic rings. The summed E-state index contributed by atoms with van der Waals surface area (Å²) in [5.41, 5.74) is 15.2. The quantitative estimate of drug-likeness (QED) is 0.330. The highest BCUT2D eigenvalue weighted by Crippen LogP contribution is 2.32. The first-order chi connectivity index (χ1) is 15.3. The van der Waals surface area contributed by atoms with Crippen LogP contribution in [0.4, 0.5) is 0 Å². The van der Waals surface area contributed by atoms with Gasteiger partial charge in [-0.05, 0) is 46.5 Å². The number of hydrogen-bond donors (Lipinski definition) is 4. The van der Waals surface area contributed by atoms with Gasteiger partial charge in [0.1, 0.15) is 11.5 Å². The molecule has 32 heavy (non-hydrogen) atoms. The number of ether oxygens (including phenoxy) is 1. The summed E-state index contributed by atoms with van der Waals surface area (Å²) in [5.74, 6) is 1.21. The van der Waals surface area contributed by atoms with E-state index in [1.165, 1.54) is 0 Å². The van der Waals surface area contributed by atoms with Crippen molar-refractivity contribution < 1.29 is 14.9 Å². The van der Waals surface area contributed by atoms with Gasteiger partial charge in [-0.1, -0.05) is 62.4 Å². The predicted molar refractivity (Wildman–Crippen MR) is 131 cm³/mol. The predicted octanol–water partition coefficient (Wildman–Crippen LogP) is 4.65. The van der Waals surface area contributed by atoms with E-state index in [2.05, 4.69) is 13.8 Å². The Balaban J connectivity index is 0.000000202. The maximum atomic E-state index is 9.30. The van der Waals surface area contributed by atoms with E-state index in [1.54, 1.807) is 24.3 Å². The second-order valence-electron chi connectivity index (χ2n) is 8.06. The molecule has 1 atom stereocenters. The minimum absolute atomic E-state index is 0.151. The van der Waals surface area contributed by atoms with Crippen LogP contribution in [0.5, 0.6) is 11.5 Å². The van der Waals surface area contributed by atoms with Crippen LogP contribution in [0, 0.1) is 0 Å². The number of hydrogen-bond acceptors (Lipinski definition) is 5. The second kappa shape index (κ2) is 12.5. The smallest absolute Gasteiger partial charge is 0.115 e. The lowest BCUT2D eigenvalue weighted by Gasteiger charge is -2.26. The van der Waals surface area contributed by atoms with E-state index >= 15 is 0 Å². The van der Waals surface area contributed by atoms with Gasteiger partial charge >= 0.3 is 0 Å². The number of aromatic hydroxyl groups is 2. The zero-order valence-corrected chi connectivity index (χ0v) is 19.4. The second-order valence-corrected chi connectivity index (χ2v) is 8.37. The molecule has 0 amide bonds. The number of rotatable bonds is 5. The van der Waals surface area contributed by atoms with Crippen molar-refractivity contribution >= 4 is 11.6 Å². The molecule has 1 saturated heterocycles. The maximum Gasteiger partial charge on any atom is 0.115 e. The van der Waals surface area contributed by atoms with Gasteiger partial charge in [0.15, 0.2) is 0 Å². The lowest BCUT2D eigenvalue weighted by Crippen LogP contribution is -2.18. The van der Waals surface area contributed by atoms with Crippen molar-refractivity contribution in [1.82, 2.24) is 0 Å². The third kappa shape index (κ3) is 8.17. The Morgan fingerprint density at radius 1 is 0.844 bits per heavy atom. The number of phenols is 2. The Morgan fingerprint density at radius 3 is 1.53 bits per heavy atom. The molecule has 3 aromatic carbocycles. The fourth-order valence-corrected chi connectivity index (χ4v) is 3.14. The molecule has 4 rings (SSSR count). The van der Waals surface area contributed by atoms with Gasteiger partial charge in [-0.3, -0.25) is 0 Å². The molecular weight excluding hydrogens is 424 g/mol. The van der Waals surface area contributed by atoms with Crippen molar-refractivity contribution in [2.75, 3.05) is 12.5 Å². The minimum atomic E-state index is -0.151. The third-order valence-corrected chi connectivity index (χ3v) is 5.56. The molecule has 0 aliphatic carbocycles. The standard InChI is InChI=1S/C15H16O2.C8H12N2.C3H5ClO/c1-15(2,11-3-7-13(16)8-4-11)12-5-9-14(17)10-6-12;9-5-7-2-1-3-8(4-7)6-10;4-1-3-2-5-3/h3-10,16-17H,1-2H3;1-4H,5-6,9-10H2;3H,1-2H2. The van der Waals surface area contributed by atoms with Crippen molar-refractivity contribution in [2.24, 2.45) is 11.5 Å². The minimum Gasteiger partial charge on any atom is -0.508 e. The third-order valence-electron chi connectivity index (χ3n) is 5.22. The normalized spacial score (nSPS) is 14.5. The largest absolute Gasteiger partial charge is 0.508 e. The summed E-state index contributed by atoms with van der Waals surface area (Å²) in [6, 6.07) is 22.4. The van der Waals surface area contributed by atoms with Gasteiger partial charge in [0, 0.05) is 18.5 Å². The van der Waals surface area contributed by atoms with Crippen LogP contribution in [0.15, 0.2) is 72.8 Å². The monoisotopic (exact) mass is 456 g/mol. The zero-order valence-electron chi connectivity index (χ0n) is 18.7. The van der Waals surface area contributed by atoms with Crippen LogP contribution < -0.4 is 11.5 Å². The lowest BCUT2D eigenvalue weighted by atomic mass is 9.78. The molecule has 1 heterocycles. The molecule has 0 radical (unpaired) electrons. The number of halogens is 1. The van der Waals surface area contributed by atoms with Crippen LogP contribution in [0.3, 0.4) is 0 Å². The van der Waals surface area contributed by atoms with Crippen molar-refractivity contribution in [1.29, 1.82) is 0 Å². The highest BCUT2D eigenvalue weighted by molar-refractivity contribution is 6.18. The van der Waals surface area contributed by atoms with Crippen LogP contribution in [0.25, 0.3) is 0 Å². The van der Waals surface area contributed by atoms with Crippen LogP contribution in [-0.2, 0) is 23.2 Å². The Morgan fingerprint density at radius 2 is 1.25 bits per heavy atom. The summed E-state index contributed by atoms with van der Waals surface area (Å²) in [5, 5.41) is 18.6. The number of nitrogens with two attached hydrogens (primary N) is 2. The van der Waals surface area contributed by atoms with E-state index in [1.807, 2.05) is 48.5 Å². The Hall–Kier alpha value is -2.57. The topological polar surface area (TPSA) is 105 Å². The maximum absolute atomic E-state index is 9.30. The van der Waals surface area contributed by atoms with Crippen LogP contribution in [0.2, 0.25) is 0 Å². The van der Waals surface area contributed by atoms with Gasteiger partial charge in [0.25, 0.3) is 0 Å². The molecule has 0 saturated carbocycles. The molecule has 0 bridgehead atoms. The number of phenolic OH excluding ortho intramolecular Hbond substituents is 2. The van der Waals surface area contributed by atoms with E-state index in [0.29, 0.717) is 25.1 Å². The Bertz CT molecular complexity index is 873. The number of benzene rings is 3. The average Bonchev–Trinajstić information content (AvgIpc) is 3.65. The Kier molecular flexibility index (Phi) is 10.0. The van der Waals surface area contributed by atoms with Crippen LogP contribution in [0.1, 0.15) is 36.1 Å². The molecule has 0 aromatic heterocycles. The van der Waals surface area contributed by atoms with E-state index in [0.717, 1.165) is 28.9 Å². The summed E-state index contributed by atoms with van der Waals surface area (Å²) in [4.78, 5) is 0. The fraction of sp³-hybridized carbons (Fsp3) is 0.308. The molecule has 5 nitrogen and oxygen atoms in total. The summed E-state index contributed by atoms with van der Waals surface area (Å²) in [7, 11) is 0. The van der Waals surface area contributed by atoms with E-state index < -0.39 is 0 Å². The van der Waals surface area contributed by atoms with Gasteiger partial charge in [0.05, 0.1) is 18.6 Å². The molecule has 6 heteroatoms. The number of epoxide rings is 1. The molecule has 1 fully saturated rings. The highest BCUT2D eigenvalue weighted by atomic mass is 35.5. The summed E-state index contributed by atoms with van der Waals surface area (Å²) in [6.45, 7) is 6.29. The van der Waals surface area contributed by atoms with Crippen LogP contribution >= 0.6 is 11.6 Å². The first-order valence-corrected chi connectivity index (χ1v) is 11.1. The summed E-state index contributed by atoms with van der Waals surface area (Å²) in [6.07, 6.45) is 0.400. The molecule has 3 aromatic rings. The van der Waals surface area contributed by atoms with Gasteiger partial charge < -0.3 is 26.4 Å². The van der Waals surface area contributed by atoms with E-state index in [9.17, 15) is 10.2 Å². The summed E-state index contributed by atoms with van der Waals surface area (Å²) < 4.78 is 4.73. The average molecular weight is 457 g/mol. The fourth-order valence-electron chi connectivity index (χ4n) is 2.96. The molecule has 1 unspecified atom stereocenters. The highest BCUT2D eigenvalue weighted by Gasteiger charge is 2.22. The molecule has 0 spiro atoms. The lowest BCUT2D eigenvalue weighted by molar-refractivity contribution is 0.425. The van der Waals surface area contributed by atoms with Gasteiger partial charge in [-0.2, -0.15) is 0 Å². The first-order valence-electron chi connectivity index (χ1n) is 10.5. The Labute approximate surface area is 195 Å². The van der Waals surface area contributed by atoms with E-state index in [4.69, 9.17) is 27.8 Å². The zero-order chi connectivity index (χ0) is 23.6. The SMILES string of the molecule is CC(C)(c1ccc(O)cc1)c1ccc(O)cc1.ClCC1CO1.NCc1cccc(CN)c1.